The second kappa shape index (κ2) is 24.7. The van der Waals surface area contributed by atoms with Crippen LogP contribution in [0.15, 0.2) is 66.2 Å². The van der Waals surface area contributed by atoms with Crippen molar-refractivity contribution in [3.8, 4) is 0 Å². The van der Waals surface area contributed by atoms with Crippen molar-refractivity contribution < 1.29 is 43.4 Å². The standard InChI is InChI=1S/C50H74N4O9/c1-31(2)39(52-48(62)38(49(7,8)9)28-41(56)46(54(12)13)50(10,11)36-18-15-14-16-19-36)26-33(5)42(57)30-63-29-35-22-24-37(25-23-35)51-47(61)34(6)27-40(55)45(32(3)4)53-43(58)20-17-21-44(59)60/h14-16,18-19,22-26,31-32,34,38-39,45-46H,17,20-21,27-30H2,1-13H3,(H,51,61)(H,52,62)(H,53,58)(H,59,60)/b33-26+/t34-,38-,39-,45+,46-/m1/s1. The van der Waals surface area contributed by atoms with Gasteiger partial charge >= 0.3 is 5.97 Å². The molecule has 0 aromatic heterocycles. The van der Waals surface area contributed by atoms with Crippen LogP contribution in [0.25, 0.3) is 0 Å². The van der Waals surface area contributed by atoms with Crippen LogP contribution >= 0.6 is 0 Å². The SMILES string of the molecule is C/C(=C\[C@@H](NC(=O)[C@@H](CC(=O)[C@@H](N(C)C)C(C)(C)c1ccccc1)C(C)(C)C)C(C)C)C(=O)COCc1ccc(NC(=O)[C@H](C)CC(=O)[C@@H](NC(=O)CCCC(=O)O)C(C)C)cc1. The zero-order chi connectivity index (χ0) is 47.8. The lowest BCUT2D eigenvalue weighted by atomic mass is 9.71. The van der Waals surface area contributed by atoms with Gasteiger partial charge in [0.1, 0.15) is 6.61 Å². The number of carboxylic acids is 1. The maximum absolute atomic E-state index is 14.1. The number of likely N-dealkylation sites (N-methyl/N-ethyl adjacent to an activating group) is 1. The van der Waals surface area contributed by atoms with Crippen LogP contribution in [0.4, 0.5) is 5.69 Å². The average molecular weight is 875 g/mol. The van der Waals surface area contributed by atoms with Crippen LogP contribution in [0.5, 0.6) is 0 Å². The third kappa shape index (κ3) is 17.6. The number of ether oxygens (including phenoxy) is 1. The highest BCUT2D eigenvalue weighted by molar-refractivity contribution is 5.98. The van der Waals surface area contributed by atoms with Crippen LogP contribution < -0.4 is 16.0 Å². The summed E-state index contributed by atoms with van der Waals surface area (Å²) in [6, 6.07) is 15.1. The van der Waals surface area contributed by atoms with Crippen molar-refractivity contribution in [2.24, 2.45) is 29.1 Å². The van der Waals surface area contributed by atoms with Gasteiger partial charge < -0.3 is 25.8 Å². The van der Waals surface area contributed by atoms with Crippen molar-refractivity contribution in [3.05, 3.63) is 77.4 Å². The lowest BCUT2D eigenvalue weighted by Gasteiger charge is -2.40. The Morgan fingerprint density at radius 1 is 0.762 bits per heavy atom. The van der Waals surface area contributed by atoms with E-state index in [9.17, 15) is 33.6 Å². The number of hydrogen-bond acceptors (Lipinski definition) is 9. The number of anilines is 1. The van der Waals surface area contributed by atoms with Gasteiger partial charge in [-0.05, 0) is 73.5 Å². The number of carbonyl (C=O) groups excluding carboxylic acids is 6. The molecule has 0 aliphatic rings. The number of carbonyl (C=O) groups is 7. The molecule has 2 rings (SSSR count). The fourth-order valence-corrected chi connectivity index (χ4v) is 7.61. The summed E-state index contributed by atoms with van der Waals surface area (Å²) in [6.45, 7) is 20.8. The average Bonchev–Trinajstić information content (AvgIpc) is 3.18. The Morgan fingerprint density at radius 2 is 1.37 bits per heavy atom. The number of hydrogen-bond donors (Lipinski definition) is 4. The molecule has 0 aliphatic carbocycles. The Kier molecular flexibility index (Phi) is 21.2. The maximum Gasteiger partial charge on any atom is 0.303 e. The molecule has 3 amide bonds. The minimum atomic E-state index is -0.995. The molecule has 2 aromatic rings. The molecular formula is C50H74N4O9. The number of aliphatic carboxylic acids is 1. The Morgan fingerprint density at radius 3 is 1.89 bits per heavy atom. The van der Waals surface area contributed by atoms with E-state index in [2.05, 4.69) is 29.8 Å². The molecular weight excluding hydrogens is 801 g/mol. The number of carboxylic acid groups (broad SMARTS) is 1. The molecule has 4 N–H and O–H groups in total. The third-order valence-corrected chi connectivity index (χ3v) is 11.5. The summed E-state index contributed by atoms with van der Waals surface area (Å²) in [5.41, 5.74) is 1.73. The molecule has 0 aliphatic heterocycles. The number of amides is 3. The van der Waals surface area contributed by atoms with Crippen LogP contribution in [0, 0.1) is 29.1 Å². The highest BCUT2D eigenvalue weighted by Crippen LogP contribution is 2.35. The van der Waals surface area contributed by atoms with E-state index in [1.165, 1.54) is 0 Å². The van der Waals surface area contributed by atoms with Crippen LogP contribution in [0.3, 0.4) is 0 Å². The van der Waals surface area contributed by atoms with Crippen molar-refractivity contribution >= 4 is 46.7 Å². The summed E-state index contributed by atoms with van der Waals surface area (Å²) in [7, 11) is 3.79. The van der Waals surface area contributed by atoms with E-state index in [-0.39, 0.29) is 86.3 Å². The molecule has 0 saturated carbocycles. The predicted molar refractivity (Wildman–Crippen MR) is 247 cm³/mol. The topological polar surface area (TPSA) is 188 Å². The molecule has 0 heterocycles. The summed E-state index contributed by atoms with van der Waals surface area (Å²) in [4.78, 5) is 92.4. The van der Waals surface area contributed by atoms with Gasteiger partial charge in [-0.1, -0.05) is 118 Å². The van der Waals surface area contributed by atoms with Gasteiger partial charge in [0.05, 0.1) is 24.7 Å². The molecule has 348 valence electrons. The first kappa shape index (κ1) is 54.1. The highest BCUT2D eigenvalue weighted by atomic mass is 16.5. The van der Waals surface area contributed by atoms with Crippen LogP contribution in [-0.2, 0) is 50.3 Å². The highest BCUT2D eigenvalue weighted by Gasteiger charge is 2.42. The number of ketones is 3. The molecule has 13 heteroatoms. The van der Waals surface area contributed by atoms with Crippen LogP contribution in [-0.4, -0.2) is 89.9 Å². The Labute approximate surface area is 375 Å². The van der Waals surface area contributed by atoms with E-state index in [0.717, 1.165) is 11.1 Å². The number of nitrogens with zero attached hydrogens (tertiary/aromatic N) is 1. The first-order valence-electron chi connectivity index (χ1n) is 22.0. The third-order valence-electron chi connectivity index (χ3n) is 11.5. The van der Waals surface area contributed by atoms with E-state index in [1.54, 1.807) is 58.0 Å². The first-order chi connectivity index (χ1) is 29.3. The lowest BCUT2D eigenvalue weighted by Crippen LogP contribution is -2.52. The van der Waals surface area contributed by atoms with Gasteiger partial charge in [0, 0.05) is 48.6 Å². The number of benzene rings is 2. The zero-order valence-corrected chi connectivity index (χ0v) is 39.9. The predicted octanol–water partition coefficient (Wildman–Crippen LogP) is 7.32. The zero-order valence-electron chi connectivity index (χ0n) is 39.9. The van der Waals surface area contributed by atoms with E-state index in [4.69, 9.17) is 9.84 Å². The van der Waals surface area contributed by atoms with Crippen LogP contribution in [0.1, 0.15) is 119 Å². The van der Waals surface area contributed by atoms with Crippen molar-refractivity contribution in [1.82, 2.24) is 15.5 Å². The second-order valence-electron chi connectivity index (χ2n) is 19.4. The summed E-state index contributed by atoms with van der Waals surface area (Å²) >= 11 is 0. The maximum atomic E-state index is 14.1. The van der Waals surface area contributed by atoms with Gasteiger partial charge in [-0.25, -0.2) is 0 Å². The molecule has 2 aromatic carbocycles. The molecule has 0 fully saturated rings. The molecule has 0 radical (unpaired) electrons. The van der Waals surface area contributed by atoms with Crippen molar-refractivity contribution in [1.29, 1.82) is 0 Å². The Bertz CT molecular complexity index is 1900. The number of rotatable bonds is 26. The summed E-state index contributed by atoms with van der Waals surface area (Å²) in [6.07, 6.45) is 1.74. The van der Waals surface area contributed by atoms with Crippen molar-refractivity contribution in [3.63, 3.8) is 0 Å². The van der Waals surface area contributed by atoms with Gasteiger partial charge in [0.2, 0.25) is 17.7 Å². The monoisotopic (exact) mass is 875 g/mol. The minimum Gasteiger partial charge on any atom is -0.481 e. The quantitative estimate of drug-likeness (QED) is 0.0698. The molecule has 0 bridgehead atoms. The fraction of sp³-hybridized carbons (Fsp3) is 0.580. The molecule has 0 saturated heterocycles. The normalized spacial score (nSPS) is 14.7. The minimum absolute atomic E-state index is 0.00931. The number of Topliss-reactive ketones (excluding diaryl/α,β-unsaturated/α-hetero) is 3. The smallest absolute Gasteiger partial charge is 0.303 e. The van der Waals surface area contributed by atoms with E-state index in [0.29, 0.717) is 11.3 Å². The van der Waals surface area contributed by atoms with Crippen LogP contribution in [0.2, 0.25) is 0 Å². The van der Waals surface area contributed by atoms with E-state index in [1.807, 2.05) is 83.9 Å². The van der Waals surface area contributed by atoms with Gasteiger partial charge in [0.15, 0.2) is 17.3 Å². The van der Waals surface area contributed by atoms with Crippen molar-refractivity contribution in [2.75, 3.05) is 26.0 Å². The van der Waals surface area contributed by atoms with Gasteiger partial charge in [-0.15, -0.1) is 0 Å². The molecule has 63 heavy (non-hydrogen) atoms. The van der Waals surface area contributed by atoms with Gasteiger partial charge in [0.25, 0.3) is 0 Å². The molecule has 0 spiro atoms. The molecule has 5 atom stereocenters. The largest absolute Gasteiger partial charge is 0.481 e. The summed E-state index contributed by atoms with van der Waals surface area (Å²) in [5, 5.41) is 17.5. The van der Waals surface area contributed by atoms with Gasteiger partial charge in [-0.3, -0.25) is 38.5 Å². The molecule has 13 nitrogen and oxygen atoms in total. The Hall–Kier alpha value is -5.01. The van der Waals surface area contributed by atoms with E-state index < -0.39 is 52.7 Å². The van der Waals surface area contributed by atoms with Crippen molar-refractivity contribution in [2.45, 2.75) is 138 Å². The fourth-order valence-electron chi connectivity index (χ4n) is 7.61. The molecule has 0 unspecified atom stereocenters. The van der Waals surface area contributed by atoms with E-state index >= 15 is 0 Å². The number of nitrogens with one attached hydrogen (secondary N) is 3. The second-order valence-corrected chi connectivity index (χ2v) is 19.4. The lowest BCUT2D eigenvalue weighted by molar-refractivity contribution is -0.137. The van der Waals surface area contributed by atoms with Gasteiger partial charge in [-0.2, -0.15) is 0 Å². The summed E-state index contributed by atoms with van der Waals surface area (Å²) < 4.78 is 5.76. The Balaban J connectivity index is 2.00. The first-order valence-corrected chi connectivity index (χ1v) is 22.0. The summed E-state index contributed by atoms with van der Waals surface area (Å²) in [5.74, 6) is -4.12.